The first kappa shape index (κ1) is 12.5. The highest BCUT2D eigenvalue weighted by atomic mass is 16.3. The molecule has 3 nitrogen and oxygen atoms in total. The van der Waals surface area contributed by atoms with Gasteiger partial charge in [0.2, 0.25) is 5.89 Å². The van der Waals surface area contributed by atoms with Crippen LogP contribution in [-0.4, -0.2) is 18.1 Å². The normalized spacial score (nSPS) is 15.0. The molecule has 2 heterocycles. The van der Waals surface area contributed by atoms with E-state index in [0.717, 1.165) is 29.8 Å². The van der Waals surface area contributed by atoms with Gasteiger partial charge in [0, 0.05) is 30.4 Å². The molecule has 0 spiro atoms. The van der Waals surface area contributed by atoms with Gasteiger partial charge in [0.15, 0.2) is 5.58 Å². The van der Waals surface area contributed by atoms with Crippen molar-refractivity contribution in [3.8, 4) is 11.5 Å². The Kier molecular flexibility index (Phi) is 2.92. The first-order chi connectivity index (χ1) is 10.3. The molecule has 1 aliphatic rings. The molecule has 0 N–H and O–H groups in total. The summed E-state index contributed by atoms with van der Waals surface area (Å²) >= 11 is 0. The van der Waals surface area contributed by atoms with Crippen LogP contribution in [0.5, 0.6) is 0 Å². The maximum Gasteiger partial charge on any atom is 0.227 e. The number of nitrogens with zero attached hydrogens (tertiary/aromatic N) is 2. The highest BCUT2D eigenvalue weighted by Gasteiger charge is 2.14. The van der Waals surface area contributed by atoms with E-state index in [2.05, 4.69) is 59.3 Å². The van der Waals surface area contributed by atoms with Gasteiger partial charge in [-0.15, -0.1) is 0 Å². The summed E-state index contributed by atoms with van der Waals surface area (Å²) < 4.78 is 5.96. The molecule has 0 aliphatic carbocycles. The van der Waals surface area contributed by atoms with Crippen LogP contribution in [0.2, 0.25) is 0 Å². The molecule has 0 bridgehead atoms. The lowest BCUT2D eigenvalue weighted by Gasteiger charge is -2.16. The lowest BCUT2D eigenvalue weighted by Crippen LogP contribution is -2.17. The van der Waals surface area contributed by atoms with E-state index < -0.39 is 0 Å². The van der Waals surface area contributed by atoms with Gasteiger partial charge < -0.3 is 9.32 Å². The van der Waals surface area contributed by atoms with E-state index in [4.69, 9.17) is 4.42 Å². The van der Waals surface area contributed by atoms with Crippen molar-refractivity contribution in [2.24, 2.45) is 0 Å². The Balaban J connectivity index is 1.73. The molecule has 1 aromatic heterocycles. The number of aryl methyl sites for hydroxylation is 1. The molecule has 4 rings (SSSR count). The molecule has 3 aromatic rings. The maximum atomic E-state index is 5.96. The third-order valence-electron chi connectivity index (χ3n) is 4.14. The Morgan fingerprint density at radius 2 is 1.76 bits per heavy atom. The van der Waals surface area contributed by atoms with Crippen molar-refractivity contribution in [2.45, 2.75) is 19.8 Å². The summed E-state index contributed by atoms with van der Waals surface area (Å²) in [6, 6.07) is 14.6. The van der Waals surface area contributed by atoms with Crippen LogP contribution < -0.4 is 4.90 Å². The van der Waals surface area contributed by atoms with Crippen molar-refractivity contribution in [2.75, 3.05) is 18.0 Å². The Morgan fingerprint density at radius 1 is 1.00 bits per heavy atom. The monoisotopic (exact) mass is 278 g/mol. The van der Waals surface area contributed by atoms with Crippen molar-refractivity contribution in [1.82, 2.24) is 4.98 Å². The van der Waals surface area contributed by atoms with Crippen LogP contribution in [0.1, 0.15) is 18.4 Å². The molecule has 1 fully saturated rings. The van der Waals surface area contributed by atoms with Gasteiger partial charge in [-0.25, -0.2) is 4.98 Å². The van der Waals surface area contributed by atoms with Gasteiger partial charge in [-0.05, 0) is 44.0 Å². The van der Waals surface area contributed by atoms with Crippen LogP contribution in [0.4, 0.5) is 5.69 Å². The van der Waals surface area contributed by atoms with Crippen LogP contribution in [0.3, 0.4) is 0 Å². The van der Waals surface area contributed by atoms with Crippen LogP contribution in [0.25, 0.3) is 22.6 Å². The van der Waals surface area contributed by atoms with Gasteiger partial charge in [-0.1, -0.05) is 17.7 Å². The van der Waals surface area contributed by atoms with Crippen molar-refractivity contribution in [3.63, 3.8) is 0 Å². The van der Waals surface area contributed by atoms with Crippen LogP contribution >= 0.6 is 0 Å². The van der Waals surface area contributed by atoms with E-state index in [1.54, 1.807) is 0 Å². The molecule has 0 unspecified atom stereocenters. The van der Waals surface area contributed by atoms with E-state index in [1.807, 2.05) is 0 Å². The number of aromatic nitrogens is 1. The van der Waals surface area contributed by atoms with E-state index in [1.165, 1.54) is 24.1 Å². The van der Waals surface area contributed by atoms with Crippen LogP contribution in [0, 0.1) is 6.92 Å². The van der Waals surface area contributed by atoms with E-state index >= 15 is 0 Å². The Hall–Kier alpha value is -2.29. The summed E-state index contributed by atoms with van der Waals surface area (Å²) in [6.07, 6.45) is 2.56. The highest BCUT2D eigenvalue weighted by Crippen LogP contribution is 2.29. The maximum absolute atomic E-state index is 5.96. The standard InChI is InChI=1S/C18H18N2O/c1-13-4-6-14(7-5-13)18-19-16-9-8-15(12-17(16)21-18)20-10-2-3-11-20/h4-9,12H,2-3,10-11H2,1H3. The summed E-state index contributed by atoms with van der Waals surface area (Å²) in [5.41, 5.74) is 5.31. The molecule has 21 heavy (non-hydrogen) atoms. The van der Waals surface area contributed by atoms with Crippen molar-refractivity contribution in [3.05, 3.63) is 48.0 Å². The molecule has 0 radical (unpaired) electrons. The molecule has 2 aromatic carbocycles. The predicted molar refractivity (Wildman–Crippen MR) is 85.6 cm³/mol. The topological polar surface area (TPSA) is 29.3 Å². The zero-order valence-corrected chi connectivity index (χ0v) is 12.2. The Bertz CT molecular complexity index is 768. The molecular weight excluding hydrogens is 260 g/mol. The number of fused-ring (bicyclic) bond motifs is 1. The molecule has 0 amide bonds. The van der Waals surface area contributed by atoms with Crippen LogP contribution in [-0.2, 0) is 0 Å². The average molecular weight is 278 g/mol. The number of hydrogen-bond acceptors (Lipinski definition) is 3. The predicted octanol–water partition coefficient (Wildman–Crippen LogP) is 4.40. The molecule has 1 aliphatic heterocycles. The van der Waals surface area contributed by atoms with Gasteiger partial charge in [0.25, 0.3) is 0 Å². The van der Waals surface area contributed by atoms with E-state index in [-0.39, 0.29) is 0 Å². The SMILES string of the molecule is Cc1ccc(-c2nc3ccc(N4CCCC4)cc3o2)cc1. The Labute approximate surface area is 124 Å². The second kappa shape index (κ2) is 4.92. The quantitative estimate of drug-likeness (QED) is 0.695. The first-order valence-electron chi connectivity index (χ1n) is 7.52. The molecule has 106 valence electrons. The lowest BCUT2D eigenvalue weighted by atomic mass is 10.1. The number of benzene rings is 2. The fourth-order valence-electron chi connectivity index (χ4n) is 2.90. The third kappa shape index (κ3) is 2.29. The number of rotatable bonds is 2. The largest absolute Gasteiger partial charge is 0.436 e. The molecule has 0 saturated carbocycles. The van der Waals surface area contributed by atoms with Crippen LogP contribution in [0.15, 0.2) is 46.9 Å². The summed E-state index contributed by atoms with van der Waals surface area (Å²) in [5, 5.41) is 0. The van der Waals surface area contributed by atoms with Gasteiger partial charge in [0.05, 0.1) is 0 Å². The average Bonchev–Trinajstić information content (AvgIpc) is 3.16. The summed E-state index contributed by atoms with van der Waals surface area (Å²) in [7, 11) is 0. The number of hydrogen-bond donors (Lipinski definition) is 0. The fraction of sp³-hybridized carbons (Fsp3) is 0.278. The number of anilines is 1. The smallest absolute Gasteiger partial charge is 0.227 e. The van der Waals surface area contributed by atoms with E-state index in [9.17, 15) is 0 Å². The summed E-state index contributed by atoms with van der Waals surface area (Å²) in [6.45, 7) is 4.37. The lowest BCUT2D eigenvalue weighted by molar-refractivity contribution is 0.619. The number of oxazole rings is 1. The summed E-state index contributed by atoms with van der Waals surface area (Å²) in [4.78, 5) is 7.01. The third-order valence-corrected chi connectivity index (χ3v) is 4.14. The van der Waals surface area contributed by atoms with Crippen molar-refractivity contribution < 1.29 is 4.42 Å². The first-order valence-corrected chi connectivity index (χ1v) is 7.52. The van der Waals surface area contributed by atoms with Gasteiger partial charge in [-0.2, -0.15) is 0 Å². The second-order valence-corrected chi connectivity index (χ2v) is 5.73. The van der Waals surface area contributed by atoms with Crippen molar-refractivity contribution >= 4 is 16.8 Å². The second-order valence-electron chi connectivity index (χ2n) is 5.73. The summed E-state index contributed by atoms with van der Waals surface area (Å²) in [5.74, 6) is 0.698. The molecule has 3 heteroatoms. The van der Waals surface area contributed by atoms with Crippen molar-refractivity contribution in [1.29, 1.82) is 0 Å². The zero-order chi connectivity index (χ0) is 14.2. The van der Waals surface area contributed by atoms with Gasteiger partial charge in [-0.3, -0.25) is 0 Å². The molecular formula is C18H18N2O. The highest BCUT2D eigenvalue weighted by molar-refractivity contribution is 5.80. The Morgan fingerprint density at radius 3 is 2.52 bits per heavy atom. The zero-order valence-electron chi connectivity index (χ0n) is 12.2. The molecule has 1 saturated heterocycles. The van der Waals surface area contributed by atoms with Gasteiger partial charge >= 0.3 is 0 Å². The minimum atomic E-state index is 0.698. The minimum Gasteiger partial charge on any atom is -0.436 e. The molecule has 0 atom stereocenters. The van der Waals surface area contributed by atoms with Gasteiger partial charge in [0.1, 0.15) is 5.52 Å². The fourth-order valence-corrected chi connectivity index (χ4v) is 2.90. The minimum absolute atomic E-state index is 0.698. The van der Waals surface area contributed by atoms with E-state index in [0.29, 0.717) is 5.89 Å².